The Kier molecular flexibility index (Phi) is 3.53. The molecule has 0 spiro atoms. The molecule has 0 aromatic rings. The SMILES string of the molecule is NC(=O)C1(C2CCCCC2)CCCC(O)C1. The van der Waals surface area contributed by atoms with E-state index in [0.29, 0.717) is 12.3 Å². The van der Waals surface area contributed by atoms with Crippen molar-refractivity contribution in [3.05, 3.63) is 0 Å². The predicted molar refractivity (Wildman–Crippen MR) is 62.7 cm³/mol. The van der Waals surface area contributed by atoms with E-state index in [2.05, 4.69) is 0 Å². The second kappa shape index (κ2) is 4.74. The molecule has 0 heterocycles. The Bertz CT molecular complexity index is 261. The number of carbonyl (C=O) groups excluding carboxylic acids is 1. The van der Waals surface area contributed by atoms with Crippen LogP contribution >= 0.6 is 0 Å². The van der Waals surface area contributed by atoms with E-state index in [1.54, 1.807) is 0 Å². The number of hydrogen-bond acceptors (Lipinski definition) is 2. The molecule has 3 N–H and O–H groups in total. The van der Waals surface area contributed by atoms with Crippen LogP contribution in [0.15, 0.2) is 0 Å². The largest absolute Gasteiger partial charge is 0.393 e. The van der Waals surface area contributed by atoms with E-state index >= 15 is 0 Å². The zero-order chi connectivity index (χ0) is 11.6. The monoisotopic (exact) mass is 225 g/mol. The quantitative estimate of drug-likeness (QED) is 0.754. The summed E-state index contributed by atoms with van der Waals surface area (Å²) in [4.78, 5) is 11.8. The van der Waals surface area contributed by atoms with Gasteiger partial charge in [0, 0.05) is 0 Å². The summed E-state index contributed by atoms with van der Waals surface area (Å²) < 4.78 is 0. The Hall–Kier alpha value is -0.570. The van der Waals surface area contributed by atoms with Crippen LogP contribution in [0.2, 0.25) is 0 Å². The summed E-state index contributed by atoms with van der Waals surface area (Å²) in [7, 11) is 0. The lowest BCUT2D eigenvalue weighted by molar-refractivity contribution is -0.137. The lowest BCUT2D eigenvalue weighted by Crippen LogP contribution is -2.48. The molecule has 2 saturated carbocycles. The zero-order valence-corrected chi connectivity index (χ0v) is 9.95. The molecule has 0 aromatic carbocycles. The summed E-state index contributed by atoms with van der Waals surface area (Å²) in [5.41, 5.74) is 5.25. The number of primary amides is 1. The van der Waals surface area contributed by atoms with Crippen LogP contribution in [0.1, 0.15) is 57.8 Å². The van der Waals surface area contributed by atoms with Crippen LogP contribution in [0.3, 0.4) is 0 Å². The number of nitrogens with two attached hydrogens (primary N) is 1. The van der Waals surface area contributed by atoms with Crippen LogP contribution in [-0.4, -0.2) is 17.1 Å². The van der Waals surface area contributed by atoms with Crippen molar-refractivity contribution < 1.29 is 9.90 Å². The minimum absolute atomic E-state index is 0.168. The van der Waals surface area contributed by atoms with E-state index in [4.69, 9.17) is 5.73 Å². The Morgan fingerprint density at radius 3 is 2.38 bits per heavy atom. The highest BCUT2D eigenvalue weighted by molar-refractivity contribution is 5.81. The fourth-order valence-corrected chi connectivity index (χ4v) is 3.73. The lowest BCUT2D eigenvalue weighted by Gasteiger charge is -2.44. The molecule has 92 valence electrons. The first kappa shape index (κ1) is 11.9. The van der Waals surface area contributed by atoms with Gasteiger partial charge in [-0.25, -0.2) is 0 Å². The second-order valence-corrected chi connectivity index (χ2v) is 5.61. The van der Waals surface area contributed by atoms with Gasteiger partial charge in [0.25, 0.3) is 0 Å². The number of carbonyl (C=O) groups is 1. The topological polar surface area (TPSA) is 63.3 Å². The van der Waals surface area contributed by atoms with Gasteiger partial charge in [-0.2, -0.15) is 0 Å². The number of aliphatic hydroxyl groups is 1. The van der Waals surface area contributed by atoms with Crippen molar-refractivity contribution in [2.45, 2.75) is 63.9 Å². The average Bonchev–Trinajstić information content (AvgIpc) is 2.30. The first-order valence-corrected chi connectivity index (χ1v) is 6.63. The highest BCUT2D eigenvalue weighted by Crippen LogP contribution is 2.48. The van der Waals surface area contributed by atoms with E-state index in [-0.39, 0.29) is 12.0 Å². The van der Waals surface area contributed by atoms with Crippen LogP contribution in [0.25, 0.3) is 0 Å². The van der Waals surface area contributed by atoms with Gasteiger partial charge >= 0.3 is 0 Å². The highest BCUT2D eigenvalue weighted by atomic mass is 16.3. The van der Waals surface area contributed by atoms with Gasteiger partial charge in [-0.3, -0.25) is 4.79 Å². The van der Waals surface area contributed by atoms with Gasteiger partial charge in [0.2, 0.25) is 5.91 Å². The van der Waals surface area contributed by atoms with E-state index < -0.39 is 5.41 Å². The first-order chi connectivity index (χ1) is 7.65. The lowest BCUT2D eigenvalue weighted by atomic mass is 9.60. The number of amides is 1. The number of hydrogen-bond donors (Lipinski definition) is 2. The molecule has 0 aromatic heterocycles. The molecule has 2 atom stereocenters. The van der Waals surface area contributed by atoms with Crippen molar-refractivity contribution in [2.24, 2.45) is 17.1 Å². The molecule has 0 bridgehead atoms. The Labute approximate surface area is 97.4 Å². The Balaban J connectivity index is 2.16. The van der Waals surface area contributed by atoms with E-state index in [1.165, 1.54) is 19.3 Å². The smallest absolute Gasteiger partial charge is 0.224 e. The maximum absolute atomic E-state index is 11.8. The minimum Gasteiger partial charge on any atom is -0.393 e. The van der Waals surface area contributed by atoms with Gasteiger partial charge in [0.15, 0.2) is 0 Å². The maximum Gasteiger partial charge on any atom is 0.224 e. The van der Waals surface area contributed by atoms with Gasteiger partial charge in [-0.1, -0.05) is 19.3 Å². The van der Waals surface area contributed by atoms with Gasteiger partial charge in [0.1, 0.15) is 0 Å². The van der Waals surface area contributed by atoms with E-state index in [0.717, 1.165) is 32.1 Å². The van der Waals surface area contributed by atoms with E-state index in [9.17, 15) is 9.90 Å². The third-order valence-corrected chi connectivity index (χ3v) is 4.64. The summed E-state index contributed by atoms with van der Waals surface area (Å²) in [6, 6.07) is 0. The van der Waals surface area contributed by atoms with Crippen molar-refractivity contribution >= 4 is 5.91 Å². The molecule has 2 rings (SSSR count). The van der Waals surface area contributed by atoms with Gasteiger partial charge in [0.05, 0.1) is 11.5 Å². The number of aliphatic hydroxyl groups excluding tert-OH is 1. The molecule has 2 aliphatic carbocycles. The molecule has 3 nitrogen and oxygen atoms in total. The molecule has 0 aliphatic heterocycles. The van der Waals surface area contributed by atoms with Gasteiger partial charge in [-0.05, 0) is 44.4 Å². The summed E-state index contributed by atoms with van der Waals surface area (Å²) in [6.45, 7) is 0. The Morgan fingerprint density at radius 2 is 1.81 bits per heavy atom. The van der Waals surface area contributed by atoms with Crippen molar-refractivity contribution in [2.75, 3.05) is 0 Å². The van der Waals surface area contributed by atoms with Crippen molar-refractivity contribution in [1.29, 1.82) is 0 Å². The fraction of sp³-hybridized carbons (Fsp3) is 0.923. The third kappa shape index (κ3) is 2.10. The zero-order valence-electron chi connectivity index (χ0n) is 9.95. The fourth-order valence-electron chi connectivity index (χ4n) is 3.73. The molecule has 0 saturated heterocycles. The third-order valence-electron chi connectivity index (χ3n) is 4.64. The van der Waals surface area contributed by atoms with Gasteiger partial charge in [-0.15, -0.1) is 0 Å². The second-order valence-electron chi connectivity index (χ2n) is 5.61. The first-order valence-electron chi connectivity index (χ1n) is 6.63. The highest BCUT2D eigenvalue weighted by Gasteiger charge is 2.46. The molecule has 2 fully saturated rings. The molecular formula is C13H23NO2. The van der Waals surface area contributed by atoms with Crippen molar-refractivity contribution in [1.82, 2.24) is 0 Å². The molecule has 1 amide bonds. The molecule has 0 radical (unpaired) electrons. The maximum atomic E-state index is 11.8. The molecule has 16 heavy (non-hydrogen) atoms. The summed E-state index contributed by atoms with van der Waals surface area (Å²) in [5, 5.41) is 9.82. The van der Waals surface area contributed by atoms with Crippen LogP contribution < -0.4 is 5.73 Å². The molecular weight excluding hydrogens is 202 g/mol. The van der Waals surface area contributed by atoms with Crippen LogP contribution in [-0.2, 0) is 4.79 Å². The molecule has 3 heteroatoms. The molecule has 2 aliphatic rings. The van der Waals surface area contributed by atoms with Crippen molar-refractivity contribution in [3.8, 4) is 0 Å². The summed E-state index contributed by atoms with van der Waals surface area (Å²) >= 11 is 0. The Morgan fingerprint density at radius 1 is 1.12 bits per heavy atom. The normalized spacial score (nSPS) is 37.2. The predicted octanol–water partition coefficient (Wildman–Crippen LogP) is 1.97. The minimum atomic E-state index is -0.391. The van der Waals surface area contributed by atoms with Crippen LogP contribution in [0.4, 0.5) is 0 Å². The van der Waals surface area contributed by atoms with Crippen LogP contribution in [0.5, 0.6) is 0 Å². The summed E-state index contributed by atoms with van der Waals surface area (Å²) in [5.74, 6) is 0.256. The molecule has 2 unspecified atom stereocenters. The van der Waals surface area contributed by atoms with E-state index in [1.807, 2.05) is 0 Å². The average molecular weight is 225 g/mol. The van der Waals surface area contributed by atoms with Crippen molar-refractivity contribution in [3.63, 3.8) is 0 Å². The standard InChI is InChI=1S/C13H23NO2/c14-12(16)13(8-4-7-11(15)9-13)10-5-2-1-3-6-10/h10-11,15H,1-9H2,(H2,14,16). The van der Waals surface area contributed by atoms with Crippen LogP contribution in [0, 0.1) is 11.3 Å². The van der Waals surface area contributed by atoms with Gasteiger partial charge < -0.3 is 10.8 Å². The number of rotatable bonds is 2. The summed E-state index contributed by atoms with van der Waals surface area (Å²) in [6.07, 6.45) is 8.92.